The van der Waals surface area contributed by atoms with Gasteiger partial charge >= 0.3 is 0 Å². The van der Waals surface area contributed by atoms with E-state index in [1.807, 2.05) is 135 Å². The highest BCUT2D eigenvalue weighted by Crippen LogP contribution is 2.45. The number of carbonyl (C=O) groups excluding carboxylic acids is 4. The fourth-order valence-corrected chi connectivity index (χ4v) is 8.44. The molecule has 55 heavy (non-hydrogen) atoms. The highest BCUT2D eigenvalue weighted by molar-refractivity contribution is 6.36. The van der Waals surface area contributed by atoms with E-state index < -0.39 is 0 Å². The number of nitrogens with zero attached hydrogens (tertiary/aromatic N) is 2. The van der Waals surface area contributed by atoms with Crippen LogP contribution < -0.4 is 9.80 Å². The topological polar surface area (TPSA) is 74.8 Å². The third kappa shape index (κ3) is 5.38. The molecule has 6 aromatic rings. The molecule has 0 radical (unpaired) electrons. The molecule has 6 aromatic carbocycles. The fraction of sp³-hybridized carbons (Fsp3) is 0.184. The SMILES string of the molecule is Cc1ccc(-c2ccc3c(c2)C(=O)N(c2c(C)cc(-c4c(C)c(C)c(N5C(=O)c6ccc(-c7ccc(C)cc7)cc6C5=O)c(C)c4C)c(C)c2C)C3=O)cc1. The first-order chi connectivity index (χ1) is 26.2. The molecule has 0 aromatic heterocycles. The van der Waals surface area contributed by atoms with Crippen molar-refractivity contribution in [3.8, 4) is 33.4 Å². The summed E-state index contributed by atoms with van der Waals surface area (Å²) < 4.78 is 0. The van der Waals surface area contributed by atoms with Gasteiger partial charge in [-0.1, -0.05) is 71.8 Å². The Kier molecular flexibility index (Phi) is 8.34. The lowest BCUT2D eigenvalue weighted by molar-refractivity contribution is 0.0910. The van der Waals surface area contributed by atoms with Crippen molar-refractivity contribution in [2.75, 3.05) is 9.80 Å². The Morgan fingerprint density at radius 3 is 1.13 bits per heavy atom. The summed E-state index contributed by atoms with van der Waals surface area (Å²) in [5.41, 5.74) is 17.0. The number of rotatable bonds is 5. The summed E-state index contributed by atoms with van der Waals surface area (Å²) in [5, 5.41) is 0. The zero-order chi connectivity index (χ0) is 39.2. The van der Waals surface area contributed by atoms with Gasteiger partial charge in [-0.15, -0.1) is 0 Å². The maximum atomic E-state index is 14.1. The van der Waals surface area contributed by atoms with Crippen LogP contribution in [0.2, 0.25) is 0 Å². The molecule has 0 saturated carbocycles. The van der Waals surface area contributed by atoms with Gasteiger partial charge in [0.05, 0.1) is 33.6 Å². The van der Waals surface area contributed by atoms with Crippen molar-refractivity contribution in [3.63, 3.8) is 0 Å². The number of hydrogen-bond donors (Lipinski definition) is 0. The van der Waals surface area contributed by atoms with Crippen LogP contribution in [0.5, 0.6) is 0 Å². The van der Waals surface area contributed by atoms with Crippen molar-refractivity contribution in [3.05, 3.63) is 163 Å². The third-order valence-electron chi connectivity index (χ3n) is 11.9. The molecule has 0 fully saturated rings. The second-order valence-electron chi connectivity index (χ2n) is 15.2. The monoisotopic (exact) mass is 722 g/mol. The fourth-order valence-electron chi connectivity index (χ4n) is 8.44. The van der Waals surface area contributed by atoms with Crippen LogP contribution in [0.1, 0.15) is 91.5 Å². The molecule has 272 valence electrons. The van der Waals surface area contributed by atoms with Crippen LogP contribution in [0.15, 0.2) is 91.0 Å². The van der Waals surface area contributed by atoms with Gasteiger partial charge in [0.2, 0.25) is 0 Å². The highest BCUT2D eigenvalue weighted by Gasteiger charge is 2.41. The molecule has 0 spiro atoms. The van der Waals surface area contributed by atoms with E-state index in [4.69, 9.17) is 0 Å². The number of benzene rings is 6. The molecular formula is C49H42N2O4. The number of hydrogen-bond acceptors (Lipinski definition) is 4. The summed E-state index contributed by atoms with van der Waals surface area (Å²) in [7, 11) is 0. The van der Waals surface area contributed by atoms with Crippen molar-refractivity contribution in [2.24, 2.45) is 0 Å². The van der Waals surface area contributed by atoms with Crippen molar-refractivity contribution in [2.45, 2.75) is 62.3 Å². The lowest BCUT2D eigenvalue weighted by Crippen LogP contribution is -2.31. The van der Waals surface area contributed by atoms with Crippen molar-refractivity contribution in [1.82, 2.24) is 0 Å². The number of amides is 4. The number of anilines is 2. The van der Waals surface area contributed by atoms with Crippen molar-refractivity contribution in [1.29, 1.82) is 0 Å². The average molecular weight is 723 g/mol. The van der Waals surface area contributed by atoms with E-state index in [-0.39, 0.29) is 23.6 Å². The minimum absolute atomic E-state index is 0.327. The molecule has 0 saturated heterocycles. The van der Waals surface area contributed by atoms with Crippen LogP contribution in [-0.2, 0) is 0 Å². The van der Waals surface area contributed by atoms with Gasteiger partial charge in [-0.2, -0.15) is 0 Å². The Bertz CT molecular complexity index is 2670. The largest absolute Gasteiger partial charge is 0.268 e. The smallest absolute Gasteiger partial charge is 0.266 e. The molecule has 6 heteroatoms. The van der Waals surface area contributed by atoms with E-state index in [1.54, 1.807) is 12.1 Å². The molecule has 0 N–H and O–H groups in total. The van der Waals surface area contributed by atoms with E-state index in [2.05, 4.69) is 6.07 Å². The van der Waals surface area contributed by atoms with E-state index in [0.717, 1.165) is 83.5 Å². The van der Waals surface area contributed by atoms with Gasteiger partial charge in [-0.05, 0) is 165 Å². The Labute approximate surface area is 322 Å². The van der Waals surface area contributed by atoms with E-state index in [9.17, 15) is 19.2 Å². The van der Waals surface area contributed by atoms with Gasteiger partial charge in [-0.25, -0.2) is 9.80 Å². The molecular weight excluding hydrogens is 681 g/mol. The van der Waals surface area contributed by atoms with Crippen molar-refractivity contribution >= 4 is 35.0 Å². The van der Waals surface area contributed by atoms with Gasteiger partial charge in [-0.3, -0.25) is 19.2 Å². The number of aryl methyl sites for hydroxylation is 3. The van der Waals surface area contributed by atoms with Gasteiger partial charge in [0.1, 0.15) is 0 Å². The molecule has 0 atom stereocenters. The van der Waals surface area contributed by atoms with Crippen LogP contribution >= 0.6 is 0 Å². The molecule has 2 heterocycles. The first-order valence-corrected chi connectivity index (χ1v) is 18.6. The van der Waals surface area contributed by atoms with Crippen LogP contribution in [-0.4, -0.2) is 23.6 Å². The Hall–Kier alpha value is -6.40. The molecule has 4 amide bonds. The van der Waals surface area contributed by atoms with Gasteiger partial charge in [0, 0.05) is 0 Å². The minimum atomic E-state index is -0.331. The highest BCUT2D eigenvalue weighted by atomic mass is 16.2. The normalized spacial score (nSPS) is 13.6. The molecule has 2 aliphatic heterocycles. The standard InChI is InChI=1S/C49H42N2O4/c1-25-10-14-34(15-11-25)36-18-20-38-41(23-36)48(54)50(46(38)52)44-27(3)22-40(28(4)31(44)7)43-29(5)32(8)45(33(9)30(43)6)51-47(53)39-21-19-37(24-42(39)49(51)55)35-16-12-26(2)13-17-35/h10-24H,1-9H3. The first kappa shape index (κ1) is 35.6. The molecule has 0 aliphatic carbocycles. The van der Waals surface area contributed by atoms with Gasteiger partial charge in [0.15, 0.2) is 0 Å². The Morgan fingerprint density at radius 2 is 0.691 bits per heavy atom. The predicted octanol–water partition coefficient (Wildman–Crippen LogP) is 11.1. The second-order valence-corrected chi connectivity index (χ2v) is 15.2. The molecule has 0 unspecified atom stereocenters. The number of fused-ring (bicyclic) bond motifs is 2. The maximum absolute atomic E-state index is 14.1. The van der Waals surface area contributed by atoms with Crippen molar-refractivity contribution < 1.29 is 19.2 Å². The summed E-state index contributed by atoms with van der Waals surface area (Å²) >= 11 is 0. The van der Waals surface area contributed by atoms with Crippen LogP contribution in [0.25, 0.3) is 33.4 Å². The number of carbonyl (C=O) groups is 4. The summed E-state index contributed by atoms with van der Waals surface area (Å²) in [6, 6.07) is 29.3. The van der Waals surface area contributed by atoms with Gasteiger partial charge < -0.3 is 0 Å². The molecule has 0 bridgehead atoms. The van der Waals surface area contributed by atoms with Crippen LogP contribution in [0.4, 0.5) is 11.4 Å². The lowest BCUT2D eigenvalue weighted by Gasteiger charge is -2.28. The van der Waals surface area contributed by atoms with Crippen LogP contribution in [0.3, 0.4) is 0 Å². The Morgan fingerprint density at radius 1 is 0.327 bits per heavy atom. The summed E-state index contributed by atoms with van der Waals surface area (Å²) in [6.07, 6.45) is 0. The third-order valence-corrected chi connectivity index (χ3v) is 11.9. The number of imide groups is 2. The first-order valence-electron chi connectivity index (χ1n) is 18.6. The average Bonchev–Trinajstić information content (AvgIpc) is 3.56. The molecule has 2 aliphatic rings. The van der Waals surface area contributed by atoms with E-state index >= 15 is 0 Å². The lowest BCUT2D eigenvalue weighted by atomic mass is 9.84. The van der Waals surface area contributed by atoms with Gasteiger partial charge in [0.25, 0.3) is 23.6 Å². The van der Waals surface area contributed by atoms with E-state index in [0.29, 0.717) is 33.6 Å². The molecule has 8 rings (SSSR count). The second kappa shape index (κ2) is 12.9. The quantitative estimate of drug-likeness (QED) is 0.166. The van der Waals surface area contributed by atoms with E-state index in [1.165, 1.54) is 9.80 Å². The van der Waals surface area contributed by atoms with Crippen LogP contribution in [0, 0.1) is 62.3 Å². The summed E-state index contributed by atoms with van der Waals surface area (Å²) in [4.78, 5) is 58.7. The zero-order valence-electron chi connectivity index (χ0n) is 32.7. The molecule has 6 nitrogen and oxygen atoms in total. The minimum Gasteiger partial charge on any atom is -0.268 e. The Balaban J connectivity index is 1.16. The zero-order valence-corrected chi connectivity index (χ0v) is 32.7. The predicted molar refractivity (Wildman–Crippen MR) is 221 cm³/mol. The summed E-state index contributed by atoms with van der Waals surface area (Å²) in [6.45, 7) is 18.0. The maximum Gasteiger partial charge on any atom is 0.266 e. The summed E-state index contributed by atoms with van der Waals surface area (Å²) in [5.74, 6) is -1.31.